The molecule has 8 nitrogen and oxygen atoms in total. The van der Waals surface area contributed by atoms with Crippen molar-refractivity contribution in [3.63, 3.8) is 0 Å². The minimum atomic E-state index is -0.489. The number of rotatable bonds is 7. The zero-order valence-corrected chi connectivity index (χ0v) is 17.2. The van der Waals surface area contributed by atoms with Crippen LogP contribution in [-0.4, -0.2) is 53.4 Å². The van der Waals surface area contributed by atoms with Gasteiger partial charge in [-0.1, -0.05) is 0 Å². The van der Waals surface area contributed by atoms with Crippen LogP contribution in [0.25, 0.3) is 0 Å². The number of carbonyl (C=O) groups is 1. The molecule has 1 aromatic rings. The van der Waals surface area contributed by atoms with Gasteiger partial charge in [0.1, 0.15) is 5.60 Å². The highest BCUT2D eigenvalue weighted by Crippen LogP contribution is 2.05. The minimum Gasteiger partial charge on any atom is -0.444 e. The molecular formula is C15H29IN6O2. The first kappa shape index (κ1) is 22.5. The number of guanidine groups is 1. The van der Waals surface area contributed by atoms with Gasteiger partial charge in [0.2, 0.25) is 0 Å². The molecule has 0 unspecified atom stereocenters. The standard InChI is InChI=1S/C15H28N6O2.HI/c1-5-17-13(19-9-11-21-10-8-16-12-21)18-6-7-20-14(22)23-15(2,3)4;/h8,10,12H,5-7,9,11H2,1-4H3,(H,20,22)(H2,17,18,19);1H. The maximum atomic E-state index is 11.5. The fourth-order valence-corrected chi connectivity index (χ4v) is 1.70. The van der Waals surface area contributed by atoms with Gasteiger partial charge in [0, 0.05) is 38.6 Å². The largest absolute Gasteiger partial charge is 0.444 e. The number of halogens is 1. The maximum Gasteiger partial charge on any atom is 0.407 e. The fraction of sp³-hybridized carbons (Fsp3) is 0.667. The van der Waals surface area contributed by atoms with Crippen LogP contribution in [0, 0.1) is 0 Å². The van der Waals surface area contributed by atoms with Crippen LogP contribution in [0.1, 0.15) is 27.7 Å². The van der Waals surface area contributed by atoms with Gasteiger partial charge in [-0.25, -0.2) is 9.78 Å². The van der Waals surface area contributed by atoms with Gasteiger partial charge in [-0.3, -0.25) is 4.99 Å². The van der Waals surface area contributed by atoms with Gasteiger partial charge < -0.3 is 25.3 Å². The number of hydrogen-bond donors (Lipinski definition) is 3. The van der Waals surface area contributed by atoms with Crippen molar-refractivity contribution in [3.05, 3.63) is 18.7 Å². The molecule has 1 heterocycles. The maximum absolute atomic E-state index is 11.5. The van der Waals surface area contributed by atoms with Gasteiger partial charge >= 0.3 is 6.09 Å². The molecule has 0 saturated heterocycles. The lowest BCUT2D eigenvalue weighted by atomic mass is 10.2. The number of alkyl carbamates (subject to hydrolysis) is 1. The average Bonchev–Trinajstić information content (AvgIpc) is 2.94. The molecule has 1 rings (SSSR count). The van der Waals surface area contributed by atoms with E-state index in [9.17, 15) is 4.79 Å². The summed E-state index contributed by atoms with van der Waals surface area (Å²) in [4.78, 5) is 19.9. The Labute approximate surface area is 160 Å². The second kappa shape index (κ2) is 11.9. The third-order valence-electron chi connectivity index (χ3n) is 2.62. The van der Waals surface area contributed by atoms with Crippen molar-refractivity contribution >= 4 is 36.0 Å². The Morgan fingerprint density at radius 1 is 1.25 bits per heavy atom. The molecule has 0 aliphatic rings. The van der Waals surface area contributed by atoms with Gasteiger partial charge in [-0.15, -0.1) is 24.0 Å². The van der Waals surface area contributed by atoms with Crippen LogP contribution in [-0.2, 0) is 11.3 Å². The lowest BCUT2D eigenvalue weighted by Crippen LogP contribution is -2.39. The quantitative estimate of drug-likeness (QED) is 0.253. The molecule has 0 fully saturated rings. The molecule has 9 heteroatoms. The molecule has 3 N–H and O–H groups in total. The highest BCUT2D eigenvalue weighted by atomic mass is 127. The van der Waals surface area contributed by atoms with E-state index in [0.29, 0.717) is 13.1 Å². The fourth-order valence-electron chi connectivity index (χ4n) is 1.70. The van der Waals surface area contributed by atoms with Crippen molar-refractivity contribution in [2.45, 2.75) is 39.8 Å². The monoisotopic (exact) mass is 452 g/mol. The van der Waals surface area contributed by atoms with Crippen LogP contribution in [0.2, 0.25) is 0 Å². The van der Waals surface area contributed by atoms with E-state index in [1.807, 2.05) is 38.5 Å². The Hall–Kier alpha value is -1.52. The molecule has 0 atom stereocenters. The van der Waals surface area contributed by atoms with E-state index in [1.165, 1.54) is 0 Å². The molecule has 0 bridgehead atoms. The first-order valence-corrected chi connectivity index (χ1v) is 7.85. The van der Waals surface area contributed by atoms with E-state index in [4.69, 9.17) is 4.74 Å². The average molecular weight is 452 g/mol. The van der Waals surface area contributed by atoms with Crippen molar-refractivity contribution in [1.29, 1.82) is 0 Å². The molecule has 1 amide bonds. The molecule has 1 aromatic heterocycles. The van der Waals surface area contributed by atoms with Crippen LogP contribution < -0.4 is 16.0 Å². The summed E-state index contributed by atoms with van der Waals surface area (Å²) in [5.74, 6) is 0.721. The molecule has 24 heavy (non-hydrogen) atoms. The molecule has 138 valence electrons. The van der Waals surface area contributed by atoms with E-state index in [0.717, 1.165) is 25.6 Å². The highest BCUT2D eigenvalue weighted by molar-refractivity contribution is 14.0. The number of aliphatic imine (C=N–C) groups is 1. The van der Waals surface area contributed by atoms with E-state index in [1.54, 1.807) is 12.5 Å². The topological polar surface area (TPSA) is 92.6 Å². The summed E-state index contributed by atoms with van der Waals surface area (Å²) >= 11 is 0. The lowest BCUT2D eigenvalue weighted by molar-refractivity contribution is 0.0529. The predicted octanol–water partition coefficient (Wildman–Crippen LogP) is 1.58. The third-order valence-corrected chi connectivity index (χ3v) is 2.62. The van der Waals surface area contributed by atoms with Gasteiger partial charge in [-0.05, 0) is 27.7 Å². The summed E-state index contributed by atoms with van der Waals surface area (Å²) in [6.07, 6.45) is 5.01. The zero-order valence-electron chi connectivity index (χ0n) is 14.8. The number of nitrogens with zero attached hydrogens (tertiary/aromatic N) is 3. The molecule has 0 radical (unpaired) electrons. The first-order valence-electron chi connectivity index (χ1n) is 7.85. The van der Waals surface area contributed by atoms with Gasteiger partial charge in [0.15, 0.2) is 5.96 Å². The van der Waals surface area contributed by atoms with Gasteiger partial charge in [0.05, 0.1) is 12.9 Å². The summed E-state index contributed by atoms with van der Waals surface area (Å²) in [6, 6.07) is 0. The molecule has 0 saturated carbocycles. The zero-order chi connectivity index (χ0) is 17.1. The van der Waals surface area contributed by atoms with E-state index in [-0.39, 0.29) is 24.0 Å². The molecule has 0 aliphatic carbocycles. The number of carbonyl (C=O) groups excluding carboxylic acids is 1. The molecule has 0 aromatic carbocycles. The second-order valence-electron chi connectivity index (χ2n) is 5.92. The Bertz CT molecular complexity index is 485. The van der Waals surface area contributed by atoms with Crippen LogP contribution in [0.3, 0.4) is 0 Å². The molecule has 0 spiro atoms. The number of nitrogens with one attached hydrogen (secondary N) is 3. The SMILES string of the molecule is CCNC(=NCCNC(=O)OC(C)(C)C)NCCn1ccnc1.I. The predicted molar refractivity (Wildman–Crippen MR) is 106 cm³/mol. The van der Waals surface area contributed by atoms with E-state index >= 15 is 0 Å². The lowest BCUT2D eigenvalue weighted by Gasteiger charge is -2.19. The number of amides is 1. The van der Waals surface area contributed by atoms with Crippen LogP contribution in [0.4, 0.5) is 4.79 Å². The Morgan fingerprint density at radius 2 is 2.00 bits per heavy atom. The molecular weight excluding hydrogens is 423 g/mol. The summed E-state index contributed by atoms with van der Waals surface area (Å²) in [6.45, 7) is 10.7. The smallest absolute Gasteiger partial charge is 0.407 e. The Kier molecular flexibility index (Phi) is 11.2. The summed E-state index contributed by atoms with van der Waals surface area (Å²) in [5.41, 5.74) is -0.489. The van der Waals surface area contributed by atoms with E-state index in [2.05, 4.69) is 25.9 Å². The summed E-state index contributed by atoms with van der Waals surface area (Å²) in [5, 5.41) is 9.07. The first-order chi connectivity index (χ1) is 10.9. The Morgan fingerprint density at radius 3 is 2.58 bits per heavy atom. The van der Waals surface area contributed by atoms with Gasteiger partial charge in [-0.2, -0.15) is 0 Å². The van der Waals surface area contributed by atoms with Crippen LogP contribution in [0.5, 0.6) is 0 Å². The number of imidazole rings is 1. The minimum absolute atomic E-state index is 0. The van der Waals surface area contributed by atoms with E-state index < -0.39 is 11.7 Å². The van der Waals surface area contributed by atoms with Crippen molar-refractivity contribution in [2.75, 3.05) is 26.2 Å². The van der Waals surface area contributed by atoms with Crippen LogP contribution in [0.15, 0.2) is 23.7 Å². The normalized spacial score (nSPS) is 11.4. The third kappa shape index (κ3) is 11.1. The van der Waals surface area contributed by atoms with Crippen molar-refractivity contribution in [3.8, 4) is 0 Å². The van der Waals surface area contributed by atoms with Crippen molar-refractivity contribution in [2.24, 2.45) is 4.99 Å². The van der Waals surface area contributed by atoms with Gasteiger partial charge in [0.25, 0.3) is 0 Å². The highest BCUT2D eigenvalue weighted by Gasteiger charge is 2.15. The van der Waals surface area contributed by atoms with Crippen molar-refractivity contribution in [1.82, 2.24) is 25.5 Å². The number of hydrogen-bond acceptors (Lipinski definition) is 4. The van der Waals surface area contributed by atoms with Crippen LogP contribution >= 0.6 is 24.0 Å². The number of ether oxygens (including phenoxy) is 1. The Balaban J connectivity index is 0.00000529. The second-order valence-corrected chi connectivity index (χ2v) is 5.92. The number of aromatic nitrogens is 2. The summed E-state index contributed by atoms with van der Waals surface area (Å²) < 4.78 is 7.15. The molecule has 0 aliphatic heterocycles. The van der Waals surface area contributed by atoms with Crippen molar-refractivity contribution < 1.29 is 9.53 Å². The summed E-state index contributed by atoms with van der Waals surface area (Å²) in [7, 11) is 0.